The van der Waals surface area contributed by atoms with Crippen LogP contribution in [-0.4, -0.2) is 45.5 Å². The zero-order valence-electron chi connectivity index (χ0n) is 17.6. The van der Waals surface area contributed by atoms with Crippen molar-refractivity contribution in [2.24, 2.45) is 0 Å². The van der Waals surface area contributed by atoms with Gasteiger partial charge >= 0.3 is 0 Å². The number of anilines is 1. The predicted octanol–water partition coefficient (Wildman–Crippen LogP) is 3.51. The molecule has 6 nitrogen and oxygen atoms in total. The number of nitrogens with one attached hydrogen (secondary N) is 2. The number of hydrogen-bond donors (Lipinski definition) is 2. The Bertz CT molecular complexity index is 1100. The molecule has 2 N–H and O–H groups in total. The van der Waals surface area contributed by atoms with Crippen LogP contribution in [0.4, 0.5) is 5.69 Å². The van der Waals surface area contributed by atoms with Crippen LogP contribution in [0.3, 0.4) is 0 Å². The van der Waals surface area contributed by atoms with E-state index in [0.717, 1.165) is 36.3 Å². The summed E-state index contributed by atoms with van der Waals surface area (Å²) >= 11 is 0. The van der Waals surface area contributed by atoms with E-state index in [9.17, 15) is 8.42 Å². The molecule has 30 heavy (non-hydrogen) atoms. The van der Waals surface area contributed by atoms with Crippen LogP contribution in [0.1, 0.15) is 11.1 Å². The Morgan fingerprint density at radius 3 is 2.57 bits per heavy atom. The smallest absolute Gasteiger partial charge is 0.262 e. The lowest BCUT2D eigenvalue weighted by atomic mass is 10.1. The van der Waals surface area contributed by atoms with Gasteiger partial charge in [0.15, 0.2) is 0 Å². The van der Waals surface area contributed by atoms with Gasteiger partial charge in [0.1, 0.15) is 0 Å². The van der Waals surface area contributed by atoms with Gasteiger partial charge in [-0.15, -0.1) is 0 Å². The molecule has 1 aromatic heterocycles. The van der Waals surface area contributed by atoms with Crippen molar-refractivity contribution in [1.29, 1.82) is 0 Å². The fourth-order valence-corrected chi connectivity index (χ4v) is 4.55. The molecule has 1 heterocycles. The first-order valence-electron chi connectivity index (χ1n) is 9.85. The standard InChI is InChI=1S/C23H28N4O2S/c1-18-7-4-5-10-23(18)30(28,29)26-22-9-6-8-20(14-22)21-13-19(15-25-16-21)17-27(3)12-11-24-2/h4-10,13-16,24,26H,11-12,17H2,1-3H3. The summed E-state index contributed by atoms with van der Waals surface area (Å²) in [6.07, 6.45) is 3.66. The van der Waals surface area contributed by atoms with Gasteiger partial charge in [-0.1, -0.05) is 30.3 Å². The third kappa shape index (κ3) is 5.66. The highest BCUT2D eigenvalue weighted by molar-refractivity contribution is 7.92. The first kappa shape index (κ1) is 22.0. The first-order chi connectivity index (χ1) is 14.4. The van der Waals surface area contributed by atoms with Gasteiger partial charge in [0.25, 0.3) is 10.0 Å². The zero-order valence-corrected chi connectivity index (χ0v) is 18.4. The second-order valence-corrected chi connectivity index (χ2v) is 9.03. The van der Waals surface area contributed by atoms with Crippen LogP contribution in [0, 0.1) is 6.92 Å². The minimum atomic E-state index is -3.65. The topological polar surface area (TPSA) is 74.3 Å². The molecule has 0 radical (unpaired) electrons. The monoisotopic (exact) mass is 424 g/mol. The van der Waals surface area contributed by atoms with E-state index in [-0.39, 0.29) is 4.90 Å². The quantitative estimate of drug-likeness (QED) is 0.550. The minimum Gasteiger partial charge on any atom is -0.318 e. The summed E-state index contributed by atoms with van der Waals surface area (Å²) in [5.74, 6) is 0. The van der Waals surface area contributed by atoms with E-state index >= 15 is 0 Å². The van der Waals surface area contributed by atoms with Crippen molar-refractivity contribution in [3.05, 3.63) is 78.1 Å². The van der Waals surface area contributed by atoms with Gasteiger partial charge in [0.2, 0.25) is 0 Å². The van der Waals surface area contributed by atoms with Gasteiger partial charge in [-0.05, 0) is 62.0 Å². The highest BCUT2D eigenvalue weighted by atomic mass is 32.2. The third-order valence-corrected chi connectivity index (χ3v) is 6.36. The second kappa shape index (κ2) is 9.84. The Labute approximate surface area is 179 Å². The summed E-state index contributed by atoms with van der Waals surface area (Å²) in [4.78, 5) is 6.88. The van der Waals surface area contributed by atoms with E-state index in [4.69, 9.17) is 0 Å². The lowest BCUT2D eigenvalue weighted by Gasteiger charge is -2.16. The highest BCUT2D eigenvalue weighted by Crippen LogP contribution is 2.25. The lowest BCUT2D eigenvalue weighted by molar-refractivity contribution is 0.328. The number of sulfonamides is 1. The maximum atomic E-state index is 12.8. The summed E-state index contributed by atoms with van der Waals surface area (Å²) in [5.41, 5.74) is 4.20. The van der Waals surface area contributed by atoms with Gasteiger partial charge in [-0.2, -0.15) is 0 Å². The van der Waals surface area contributed by atoms with Crippen molar-refractivity contribution in [3.8, 4) is 11.1 Å². The van der Waals surface area contributed by atoms with Crippen LogP contribution >= 0.6 is 0 Å². The van der Waals surface area contributed by atoms with Crippen LogP contribution in [0.15, 0.2) is 71.9 Å². The highest BCUT2D eigenvalue weighted by Gasteiger charge is 2.16. The lowest BCUT2D eigenvalue weighted by Crippen LogP contribution is -2.26. The largest absolute Gasteiger partial charge is 0.318 e. The molecule has 0 aliphatic heterocycles. The summed E-state index contributed by atoms with van der Waals surface area (Å²) in [6.45, 7) is 4.45. The molecule has 0 aliphatic rings. The maximum absolute atomic E-state index is 12.8. The number of nitrogens with zero attached hydrogens (tertiary/aromatic N) is 2. The van der Waals surface area contributed by atoms with E-state index < -0.39 is 10.0 Å². The molecule has 7 heteroatoms. The molecule has 0 saturated heterocycles. The van der Waals surface area contributed by atoms with E-state index in [1.807, 2.05) is 37.5 Å². The third-order valence-electron chi connectivity index (χ3n) is 4.82. The number of benzene rings is 2. The molecule has 2 aromatic carbocycles. The minimum absolute atomic E-state index is 0.281. The van der Waals surface area contributed by atoms with Crippen LogP contribution in [0.5, 0.6) is 0 Å². The zero-order chi connectivity index (χ0) is 21.6. The average molecular weight is 425 g/mol. The second-order valence-electron chi connectivity index (χ2n) is 7.38. The maximum Gasteiger partial charge on any atom is 0.262 e. The Morgan fingerprint density at radius 1 is 1.00 bits per heavy atom. The van der Waals surface area contributed by atoms with Crippen molar-refractivity contribution < 1.29 is 8.42 Å². The number of rotatable bonds is 9. The van der Waals surface area contributed by atoms with Gasteiger partial charge < -0.3 is 10.2 Å². The van der Waals surface area contributed by atoms with Crippen LogP contribution in [-0.2, 0) is 16.6 Å². The predicted molar refractivity (Wildman–Crippen MR) is 122 cm³/mol. The Kier molecular flexibility index (Phi) is 7.20. The van der Waals surface area contributed by atoms with E-state index in [1.165, 1.54) is 0 Å². The van der Waals surface area contributed by atoms with Crippen molar-refractivity contribution in [3.63, 3.8) is 0 Å². The van der Waals surface area contributed by atoms with Gasteiger partial charge in [0, 0.05) is 43.3 Å². The number of aryl methyl sites for hydroxylation is 1. The Balaban J connectivity index is 1.80. The molecule has 0 saturated carbocycles. The molecule has 0 amide bonds. The molecule has 0 bridgehead atoms. The molecule has 3 rings (SSSR count). The van der Waals surface area contributed by atoms with E-state index in [1.54, 1.807) is 37.4 Å². The van der Waals surface area contributed by atoms with Crippen molar-refractivity contribution >= 4 is 15.7 Å². The summed E-state index contributed by atoms with van der Waals surface area (Å²) < 4.78 is 28.3. The van der Waals surface area contributed by atoms with Crippen LogP contribution in [0.2, 0.25) is 0 Å². The Hall–Kier alpha value is -2.74. The number of pyridine rings is 1. The number of hydrogen-bond acceptors (Lipinski definition) is 5. The molecule has 0 fully saturated rings. The first-order valence-corrected chi connectivity index (χ1v) is 11.3. The fourth-order valence-electron chi connectivity index (χ4n) is 3.26. The van der Waals surface area contributed by atoms with Crippen molar-refractivity contribution in [2.45, 2.75) is 18.4 Å². The normalized spacial score (nSPS) is 11.6. The summed E-state index contributed by atoms with van der Waals surface area (Å²) in [7, 11) is 0.361. The van der Waals surface area contributed by atoms with Crippen molar-refractivity contribution in [2.75, 3.05) is 31.9 Å². The fraction of sp³-hybridized carbons (Fsp3) is 0.261. The molecule has 158 valence electrons. The molecule has 0 atom stereocenters. The molecular weight excluding hydrogens is 396 g/mol. The molecule has 3 aromatic rings. The average Bonchev–Trinajstić information content (AvgIpc) is 2.72. The SMILES string of the molecule is CNCCN(C)Cc1cncc(-c2cccc(NS(=O)(=O)c3ccccc3C)c2)c1. The van der Waals surface area contributed by atoms with Gasteiger partial charge in [-0.3, -0.25) is 9.71 Å². The summed E-state index contributed by atoms with van der Waals surface area (Å²) in [5, 5.41) is 3.15. The van der Waals surface area contributed by atoms with Gasteiger partial charge in [0.05, 0.1) is 4.90 Å². The number of likely N-dealkylation sites (N-methyl/N-ethyl adjacent to an activating group) is 2. The Morgan fingerprint density at radius 2 is 1.80 bits per heavy atom. The molecular formula is C23H28N4O2S. The van der Waals surface area contributed by atoms with E-state index in [0.29, 0.717) is 11.3 Å². The van der Waals surface area contributed by atoms with Crippen LogP contribution in [0.25, 0.3) is 11.1 Å². The van der Waals surface area contributed by atoms with Gasteiger partial charge in [-0.25, -0.2) is 8.42 Å². The summed E-state index contributed by atoms with van der Waals surface area (Å²) in [6, 6.07) is 16.4. The molecule has 0 aliphatic carbocycles. The van der Waals surface area contributed by atoms with Crippen molar-refractivity contribution in [1.82, 2.24) is 15.2 Å². The van der Waals surface area contributed by atoms with Crippen LogP contribution < -0.4 is 10.0 Å². The number of aromatic nitrogens is 1. The molecule has 0 unspecified atom stereocenters. The van der Waals surface area contributed by atoms with E-state index in [2.05, 4.69) is 33.0 Å². The molecule has 0 spiro atoms.